The van der Waals surface area contributed by atoms with Crippen molar-refractivity contribution in [1.29, 1.82) is 0 Å². The number of Topliss-reactive ketones (excluding diaryl/α,β-unsaturated/α-hetero) is 1. The number of carbonyl (C=O) groups is 1. The van der Waals surface area contributed by atoms with Crippen molar-refractivity contribution in [2.45, 2.75) is 26.7 Å². The maximum atomic E-state index is 12.6. The molecule has 0 radical (unpaired) electrons. The maximum absolute atomic E-state index is 12.6. The van der Waals surface area contributed by atoms with Crippen molar-refractivity contribution in [1.82, 2.24) is 0 Å². The van der Waals surface area contributed by atoms with Gasteiger partial charge in [0.25, 0.3) is 0 Å². The first-order valence-corrected chi connectivity index (χ1v) is 8.85. The van der Waals surface area contributed by atoms with E-state index in [4.69, 9.17) is 0 Å². The fourth-order valence-corrected chi connectivity index (χ4v) is 2.86. The average molecular weight is 342 g/mol. The number of allylic oxidation sites excluding steroid dienone is 4. The van der Waals surface area contributed by atoms with Gasteiger partial charge in [-0.2, -0.15) is 0 Å². The van der Waals surface area contributed by atoms with Crippen LogP contribution in [-0.2, 0) is 17.6 Å². The van der Waals surface area contributed by atoms with E-state index in [-0.39, 0.29) is 5.78 Å². The van der Waals surface area contributed by atoms with Gasteiger partial charge in [0.2, 0.25) is 0 Å². The highest BCUT2D eigenvalue weighted by Gasteiger charge is 2.08. The molecular formula is C25H26O. The van der Waals surface area contributed by atoms with E-state index in [1.807, 2.05) is 74.5 Å². The van der Waals surface area contributed by atoms with E-state index in [0.717, 1.165) is 35.1 Å². The molecule has 0 N–H and O–H groups in total. The summed E-state index contributed by atoms with van der Waals surface area (Å²) in [4.78, 5) is 12.6. The predicted molar refractivity (Wildman–Crippen MR) is 113 cm³/mol. The first kappa shape index (κ1) is 19.4. The van der Waals surface area contributed by atoms with Crippen LogP contribution in [0.3, 0.4) is 0 Å². The summed E-state index contributed by atoms with van der Waals surface area (Å²) in [5.41, 5.74) is 6.12. The van der Waals surface area contributed by atoms with Gasteiger partial charge in [-0.25, -0.2) is 0 Å². The number of hydrogen-bond acceptors (Lipinski definition) is 1. The van der Waals surface area contributed by atoms with Crippen LogP contribution in [0.1, 0.15) is 36.1 Å². The predicted octanol–water partition coefficient (Wildman–Crippen LogP) is 6.22. The normalized spacial score (nSPS) is 11.9. The molecular weight excluding hydrogens is 316 g/mol. The largest absolute Gasteiger partial charge is 0.289 e. The molecule has 0 atom stereocenters. The Labute approximate surface area is 157 Å². The Bertz CT molecular complexity index is 794. The molecule has 2 aromatic carbocycles. The van der Waals surface area contributed by atoms with Crippen LogP contribution in [0.5, 0.6) is 0 Å². The molecule has 0 saturated carbocycles. The lowest BCUT2D eigenvalue weighted by Crippen LogP contribution is -2.03. The summed E-state index contributed by atoms with van der Waals surface area (Å²) in [5.74, 6) is 0.0946. The van der Waals surface area contributed by atoms with Crippen molar-refractivity contribution in [3.05, 3.63) is 107 Å². The minimum Gasteiger partial charge on any atom is -0.289 e. The summed E-state index contributed by atoms with van der Waals surface area (Å²) in [5, 5.41) is 0. The molecule has 132 valence electrons. The molecule has 0 unspecified atom stereocenters. The van der Waals surface area contributed by atoms with Crippen molar-refractivity contribution in [3.8, 4) is 0 Å². The zero-order chi connectivity index (χ0) is 18.9. The third-order valence-electron chi connectivity index (χ3n) is 4.52. The highest BCUT2D eigenvalue weighted by Crippen LogP contribution is 2.15. The van der Waals surface area contributed by atoms with Gasteiger partial charge in [0.15, 0.2) is 5.78 Å². The summed E-state index contributed by atoms with van der Waals surface area (Å²) in [6, 6.07) is 16.2. The fourth-order valence-electron chi connectivity index (χ4n) is 2.86. The molecule has 2 aromatic rings. The van der Waals surface area contributed by atoms with E-state index in [9.17, 15) is 4.79 Å². The summed E-state index contributed by atoms with van der Waals surface area (Å²) >= 11 is 0. The van der Waals surface area contributed by atoms with Gasteiger partial charge in [0, 0.05) is 0 Å². The molecule has 0 spiro atoms. The van der Waals surface area contributed by atoms with Crippen LogP contribution in [0.15, 0.2) is 85.0 Å². The van der Waals surface area contributed by atoms with Gasteiger partial charge in [0.05, 0.1) is 0 Å². The molecule has 0 aliphatic carbocycles. The monoisotopic (exact) mass is 342 g/mol. The highest BCUT2D eigenvalue weighted by atomic mass is 16.1. The Morgan fingerprint density at radius 1 is 0.769 bits per heavy atom. The Balaban J connectivity index is 2.08. The Hall–Kier alpha value is -2.93. The highest BCUT2D eigenvalue weighted by molar-refractivity contribution is 6.07. The van der Waals surface area contributed by atoms with Crippen molar-refractivity contribution in [2.75, 3.05) is 0 Å². The summed E-state index contributed by atoms with van der Waals surface area (Å²) < 4.78 is 0. The van der Waals surface area contributed by atoms with E-state index in [0.29, 0.717) is 0 Å². The average Bonchev–Trinajstić information content (AvgIpc) is 2.69. The summed E-state index contributed by atoms with van der Waals surface area (Å²) in [6.07, 6.45) is 9.16. The van der Waals surface area contributed by atoms with Crippen molar-refractivity contribution in [2.24, 2.45) is 0 Å². The van der Waals surface area contributed by atoms with Gasteiger partial charge >= 0.3 is 0 Å². The minimum absolute atomic E-state index is 0.0946. The second kappa shape index (κ2) is 9.53. The molecule has 2 rings (SSSR count). The van der Waals surface area contributed by atoms with Crippen LogP contribution >= 0.6 is 0 Å². The molecule has 0 aliphatic heterocycles. The molecule has 0 bridgehead atoms. The zero-order valence-electron chi connectivity index (χ0n) is 15.7. The SMILES string of the molecule is C=Cc1ccccc1CC=C(C)C(=O)C(C)=CCc1ccccc1C=C. The van der Waals surface area contributed by atoms with Gasteiger partial charge < -0.3 is 0 Å². The first-order chi connectivity index (χ1) is 12.6. The third-order valence-corrected chi connectivity index (χ3v) is 4.52. The molecule has 1 heteroatoms. The van der Waals surface area contributed by atoms with Crippen LogP contribution in [0.4, 0.5) is 0 Å². The topological polar surface area (TPSA) is 17.1 Å². The van der Waals surface area contributed by atoms with Crippen LogP contribution < -0.4 is 0 Å². The van der Waals surface area contributed by atoms with Crippen LogP contribution in [0.25, 0.3) is 12.2 Å². The lowest BCUT2D eigenvalue weighted by Gasteiger charge is -2.06. The Morgan fingerprint density at radius 2 is 1.15 bits per heavy atom. The van der Waals surface area contributed by atoms with Gasteiger partial charge in [-0.3, -0.25) is 4.79 Å². The Kier molecular flexibility index (Phi) is 7.11. The quantitative estimate of drug-likeness (QED) is 0.520. The van der Waals surface area contributed by atoms with Crippen LogP contribution in [0.2, 0.25) is 0 Å². The van der Waals surface area contributed by atoms with Crippen LogP contribution in [0, 0.1) is 0 Å². The Morgan fingerprint density at radius 3 is 1.54 bits per heavy atom. The lowest BCUT2D eigenvalue weighted by atomic mass is 9.98. The molecule has 0 saturated heterocycles. The molecule has 0 aromatic heterocycles. The number of benzene rings is 2. The van der Waals surface area contributed by atoms with E-state index in [1.54, 1.807) is 0 Å². The van der Waals surface area contributed by atoms with E-state index in [1.165, 1.54) is 11.1 Å². The standard InChI is InChI=1S/C25H26O/c1-5-21-11-7-9-13-23(21)17-15-19(3)25(26)20(4)16-18-24-14-10-8-12-22(24)6-2/h5-16H,1-2,17-18H2,3-4H3. The van der Waals surface area contributed by atoms with E-state index in [2.05, 4.69) is 25.3 Å². The zero-order valence-corrected chi connectivity index (χ0v) is 15.7. The molecule has 1 nitrogen and oxygen atoms in total. The smallest absolute Gasteiger partial charge is 0.183 e. The van der Waals surface area contributed by atoms with Crippen molar-refractivity contribution >= 4 is 17.9 Å². The van der Waals surface area contributed by atoms with E-state index >= 15 is 0 Å². The maximum Gasteiger partial charge on any atom is 0.183 e. The van der Waals surface area contributed by atoms with Crippen molar-refractivity contribution in [3.63, 3.8) is 0 Å². The fraction of sp³-hybridized carbons (Fsp3) is 0.160. The number of carbonyl (C=O) groups excluding carboxylic acids is 1. The third kappa shape index (κ3) is 5.03. The van der Waals surface area contributed by atoms with Crippen LogP contribution in [-0.4, -0.2) is 5.78 Å². The van der Waals surface area contributed by atoms with Gasteiger partial charge in [-0.05, 0) is 60.1 Å². The number of rotatable bonds is 8. The van der Waals surface area contributed by atoms with E-state index < -0.39 is 0 Å². The molecule has 26 heavy (non-hydrogen) atoms. The lowest BCUT2D eigenvalue weighted by molar-refractivity contribution is -0.112. The first-order valence-electron chi connectivity index (χ1n) is 8.85. The molecule has 0 heterocycles. The summed E-state index contributed by atoms with van der Waals surface area (Å²) in [7, 11) is 0. The van der Waals surface area contributed by atoms with Gasteiger partial charge in [0.1, 0.15) is 0 Å². The second-order valence-corrected chi connectivity index (χ2v) is 6.32. The molecule has 0 amide bonds. The van der Waals surface area contributed by atoms with Gasteiger partial charge in [-0.1, -0.05) is 86.0 Å². The van der Waals surface area contributed by atoms with Crippen molar-refractivity contribution < 1.29 is 4.79 Å². The number of ketones is 1. The minimum atomic E-state index is 0.0946. The summed E-state index contributed by atoms with van der Waals surface area (Å²) in [6.45, 7) is 11.5. The molecule has 0 fully saturated rings. The second-order valence-electron chi connectivity index (χ2n) is 6.32. The van der Waals surface area contributed by atoms with Gasteiger partial charge in [-0.15, -0.1) is 0 Å². The molecule has 0 aliphatic rings. The number of hydrogen-bond donors (Lipinski definition) is 0.